The molecule has 2 unspecified atom stereocenters. The van der Waals surface area contributed by atoms with Crippen molar-refractivity contribution in [3.05, 3.63) is 35.4 Å². The third-order valence-corrected chi connectivity index (χ3v) is 6.47. The molecule has 2 N–H and O–H groups in total. The molecule has 0 saturated carbocycles. The SMILES string of the molecule is CCNC(=NCC1CCCOC1c1ccc(C)cc1)NC1CCN(CCOC(C)C)CC1. The van der Waals surface area contributed by atoms with Crippen LogP contribution in [-0.2, 0) is 9.47 Å². The van der Waals surface area contributed by atoms with Crippen molar-refractivity contribution >= 4 is 5.96 Å². The van der Waals surface area contributed by atoms with Crippen LogP contribution in [0, 0.1) is 12.8 Å². The molecule has 2 aliphatic rings. The molecule has 2 atom stereocenters. The maximum atomic E-state index is 6.19. The summed E-state index contributed by atoms with van der Waals surface area (Å²) in [6.07, 6.45) is 5.03. The monoisotopic (exact) mass is 444 g/mol. The Balaban J connectivity index is 1.51. The van der Waals surface area contributed by atoms with E-state index in [2.05, 4.69) is 67.5 Å². The van der Waals surface area contributed by atoms with Crippen LogP contribution in [0.1, 0.15) is 63.7 Å². The zero-order chi connectivity index (χ0) is 22.8. The summed E-state index contributed by atoms with van der Waals surface area (Å²) in [5.74, 6) is 1.37. The highest BCUT2D eigenvalue weighted by atomic mass is 16.5. The fourth-order valence-corrected chi connectivity index (χ4v) is 4.60. The van der Waals surface area contributed by atoms with Crippen molar-refractivity contribution in [3.8, 4) is 0 Å². The number of piperidine rings is 1. The van der Waals surface area contributed by atoms with Gasteiger partial charge in [-0.3, -0.25) is 4.99 Å². The van der Waals surface area contributed by atoms with Gasteiger partial charge in [0.15, 0.2) is 5.96 Å². The van der Waals surface area contributed by atoms with Gasteiger partial charge in [-0.1, -0.05) is 29.8 Å². The molecule has 2 heterocycles. The normalized spacial score (nSPS) is 23.5. The number of benzene rings is 1. The van der Waals surface area contributed by atoms with Gasteiger partial charge in [-0.2, -0.15) is 0 Å². The second kappa shape index (κ2) is 13.2. The number of ether oxygens (including phenoxy) is 2. The van der Waals surface area contributed by atoms with Crippen molar-refractivity contribution in [3.63, 3.8) is 0 Å². The van der Waals surface area contributed by atoms with E-state index in [1.54, 1.807) is 0 Å². The van der Waals surface area contributed by atoms with Crippen molar-refractivity contribution in [2.75, 3.05) is 45.9 Å². The van der Waals surface area contributed by atoms with Crippen molar-refractivity contribution in [2.45, 2.75) is 71.6 Å². The number of guanidine groups is 1. The first kappa shape index (κ1) is 25.0. The van der Waals surface area contributed by atoms with Gasteiger partial charge in [-0.15, -0.1) is 0 Å². The van der Waals surface area contributed by atoms with Gasteiger partial charge in [0.2, 0.25) is 0 Å². The Labute approximate surface area is 195 Å². The molecule has 6 nitrogen and oxygen atoms in total. The molecule has 1 aromatic rings. The summed E-state index contributed by atoms with van der Waals surface area (Å²) in [4.78, 5) is 7.50. The van der Waals surface area contributed by atoms with Crippen molar-refractivity contribution in [2.24, 2.45) is 10.9 Å². The van der Waals surface area contributed by atoms with Crippen LogP contribution in [0.5, 0.6) is 0 Å². The largest absolute Gasteiger partial charge is 0.377 e. The summed E-state index contributed by atoms with van der Waals surface area (Å²) < 4.78 is 11.9. The fourth-order valence-electron chi connectivity index (χ4n) is 4.60. The second-order valence-corrected chi connectivity index (χ2v) is 9.50. The summed E-state index contributed by atoms with van der Waals surface area (Å²) in [6.45, 7) is 15.1. The van der Waals surface area contributed by atoms with Crippen LogP contribution in [-0.4, -0.2) is 68.9 Å². The fraction of sp³-hybridized carbons (Fsp3) is 0.731. The van der Waals surface area contributed by atoms with Gasteiger partial charge < -0.3 is 25.0 Å². The highest BCUT2D eigenvalue weighted by molar-refractivity contribution is 5.80. The molecule has 2 aliphatic heterocycles. The van der Waals surface area contributed by atoms with E-state index in [0.717, 1.165) is 77.6 Å². The number of hydrogen-bond donors (Lipinski definition) is 2. The minimum atomic E-state index is 0.146. The summed E-state index contributed by atoms with van der Waals surface area (Å²) >= 11 is 0. The van der Waals surface area contributed by atoms with Gasteiger partial charge in [-0.25, -0.2) is 0 Å². The Hall–Kier alpha value is -1.63. The van der Waals surface area contributed by atoms with Gasteiger partial charge in [0.05, 0.1) is 18.8 Å². The molecule has 3 rings (SSSR count). The number of aryl methyl sites for hydroxylation is 1. The number of nitrogens with one attached hydrogen (secondary N) is 2. The zero-order valence-electron chi connectivity index (χ0n) is 20.6. The second-order valence-electron chi connectivity index (χ2n) is 9.50. The van der Waals surface area contributed by atoms with Crippen LogP contribution in [0.2, 0.25) is 0 Å². The van der Waals surface area contributed by atoms with Crippen LogP contribution in [0.25, 0.3) is 0 Å². The molecule has 0 spiro atoms. The molecule has 0 aliphatic carbocycles. The van der Waals surface area contributed by atoms with E-state index in [0.29, 0.717) is 18.1 Å². The predicted molar refractivity (Wildman–Crippen MR) is 132 cm³/mol. The molecule has 6 heteroatoms. The molecule has 1 aromatic carbocycles. The number of hydrogen-bond acceptors (Lipinski definition) is 4. The van der Waals surface area contributed by atoms with E-state index in [9.17, 15) is 0 Å². The molecule has 0 bridgehead atoms. The lowest BCUT2D eigenvalue weighted by molar-refractivity contribution is -0.0250. The van der Waals surface area contributed by atoms with E-state index in [1.807, 2.05) is 0 Å². The lowest BCUT2D eigenvalue weighted by atomic mass is 9.89. The lowest BCUT2D eigenvalue weighted by Crippen LogP contribution is -2.49. The average molecular weight is 445 g/mol. The van der Waals surface area contributed by atoms with Crippen molar-refractivity contribution in [1.82, 2.24) is 15.5 Å². The van der Waals surface area contributed by atoms with Crippen LogP contribution in [0.4, 0.5) is 0 Å². The van der Waals surface area contributed by atoms with E-state index < -0.39 is 0 Å². The van der Waals surface area contributed by atoms with E-state index >= 15 is 0 Å². The zero-order valence-corrected chi connectivity index (χ0v) is 20.6. The number of nitrogens with zero attached hydrogens (tertiary/aromatic N) is 2. The molecular formula is C26H44N4O2. The highest BCUT2D eigenvalue weighted by Gasteiger charge is 2.27. The minimum Gasteiger partial charge on any atom is -0.377 e. The smallest absolute Gasteiger partial charge is 0.191 e. The maximum Gasteiger partial charge on any atom is 0.191 e. The lowest BCUT2D eigenvalue weighted by Gasteiger charge is -2.33. The Morgan fingerprint density at radius 1 is 1.19 bits per heavy atom. The first-order valence-corrected chi connectivity index (χ1v) is 12.6. The summed E-state index contributed by atoms with van der Waals surface area (Å²) in [6, 6.07) is 9.27. The molecule has 180 valence electrons. The third kappa shape index (κ3) is 8.05. The summed E-state index contributed by atoms with van der Waals surface area (Å²) in [7, 11) is 0. The number of likely N-dealkylation sites (tertiary alicyclic amines) is 1. The molecule has 0 aromatic heterocycles. The first-order valence-electron chi connectivity index (χ1n) is 12.6. The van der Waals surface area contributed by atoms with Gasteiger partial charge in [0.25, 0.3) is 0 Å². The van der Waals surface area contributed by atoms with Gasteiger partial charge in [0, 0.05) is 51.3 Å². The van der Waals surface area contributed by atoms with E-state index in [1.165, 1.54) is 11.1 Å². The minimum absolute atomic E-state index is 0.146. The Kier molecular flexibility index (Phi) is 10.3. The van der Waals surface area contributed by atoms with Crippen LogP contribution in [0.3, 0.4) is 0 Å². The Morgan fingerprint density at radius 3 is 2.62 bits per heavy atom. The average Bonchev–Trinajstić information content (AvgIpc) is 2.79. The van der Waals surface area contributed by atoms with Crippen LogP contribution < -0.4 is 10.6 Å². The maximum absolute atomic E-state index is 6.19. The Morgan fingerprint density at radius 2 is 1.94 bits per heavy atom. The molecule has 2 fully saturated rings. The third-order valence-electron chi connectivity index (χ3n) is 6.47. The van der Waals surface area contributed by atoms with Gasteiger partial charge in [-0.05, 0) is 58.9 Å². The topological polar surface area (TPSA) is 58.1 Å². The van der Waals surface area contributed by atoms with E-state index in [4.69, 9.17) is 14.5 Å². The summed E-state index contributed by atoms with van der Waals surface area (Å²) in [5, 5.41) is 7.15. The van der Waals surface area contributed by atoms with E-state index in [-0.39, 0.29) is 6.10 Å². The molecule has 2 saturated heterocycles. The quantitative estimate of drug-likeness (QED) is 0.447. The Bertz CT molecular complexity index is 684. The molecular weight excluding hydrogens is 400 g/mol. The van der Waals surface area contributed by atoms with Gasteiger partial charge >= 0.3 is 0 Å². The van der Waals surface area contributed by atoms with Crippen LogP contribution >= 0.6 is 0 Å². The van der Waals surface area contributed by atoms with Crippen molar-refractivity contribution < 1.29 is 9.47 Å². The standard InChI is InChI=1S/C26H44N4O2/c1-5-27-26(29-24-12-14-30(15-13-24)16-18-31-20(2)3)28-19-23-7-6-17-32-25(23)22-10-8-21(4)9-11-22/h8-11,20,23-25H,5-7,12-19H2,1-4H3,(H2,27,28,29). The highest BCUT2D eigenvalue weighted by Crippen LogP contribution is 2.34. The molecule has 0 amide bonds. The van der Waals surface area contributed by atoms with Crippen molar-refractivity contribution in [1.29, 1.82) is 0 Å². The van der Waals surface area contributed by atoms with Gasteiger partial charge in [0.1, 0.15) is 0 Å². The first-order chi connectivity index (χ1) is 15.5. The molecule has 0 radical (unpaired) electrons. The summed E-state index contributed by atoms with van der Waals surface area (Å²) in [5.41, 5.74) is 2.57. The number of rotatable bonds is 9. The predicted octanol–water partition coefficient (Wildman–Crippen LogP) is 3.91. The number of aliphatic imine (C=N–C) groups is 1. The van der Waals surface area contributed by atoms with Crippen LogP contribution in [0.15, 0.2) is 29.3 Å². The molecule has 32 heavy (non-hydrogen) atoms.